The fraction of sp³-hybridized carbons (Fsp3) is 0.292. The van der Waals surface area contributed by atoms with E-state index in [1.807, 2.05) is 32.0 Å². The number of pyridine rings is 3. The minimum Gasteiger partial charge on any atom is -0.494 e. The molecule has 4 aromatic rings. The summed E-state index contributed by atoms with van der Waals surface area (Å²) in [7, 11) is 1.59. The molecule has 1 aliphatic rings. The van der Waals surface area contributed by atoms with Crippen molar-refractivity contribution in [2.75, 3.05) is 43.6 Å². The molecule has 10 heteroatoms. The van der Waals surface area contributed by atoms with Crippen LogP contribution in [0.25, 0.3) is 21.3 Å². The van der Waals surface area contributed by atoms with Gasteiger partial charge in [0.1, 0.15) is 17.1 Å². The van der Waals surface area contributed by atoms with Crippen molar-refractivity contribution in [2.24, 2.45) is 0 Å². The first-order chi connectivity index (χ1) is 16.5. The first kappa shape index (κ1) is 22.2. The fourth-order valence-electron chi connectivity index (χ4n) is 3.89. The van der Waals surface area contributed by atoms with Crippen molar-refractivity contribution in [3.8, 4) is 16.9 Å². The maximum atomic E-state index is 13.3. The van der Waals surface area contributed by atoms with E-state index in [0.29, 0.717) is 29.7 Å². The number of morpholine rings is 1. The van der Waals surface area contributed by atoms with Crippen molar-refractivity contribution in [3.05, 3.63) is 53.7 Å². The van der Waals surface area contributed by atoms with Crippen LogP contribution in [-0.4, -0.2) is 59.3 Å². The summed E-state index contributed by atoms with van der Waals surface area (Å²) in [6.45, 7) is 6.79. The van der Waals surface area contributed by atoms with E-state index in [9.17, 15) is 4.79 Å². The van der Waals surface area contributed by atoms with Crippen molar-refractivity contribution in [3.63, 3.8) is 0 Å². The molecule has 0 bridgehead atoms. The third kappa shape index (κ3) is 4.42. The van der Waals surface area contributed by atoms with Gasteiger partial charge in [0.15, 0.2) is 5.13 Å². The van der Waals surface area contributed by atoms with Crippen molar-refractivity contribution < 1.29 is 14.3 Å². The molecule has 0 unspecified atom stereocenters. The van der Waals surface area contributed by atoms with Gasteiger partial charge in [-0.1, -0.05) is 11.3 Å². The molecule has 0 saturated carbocycles. The predicted octanol–water partition coefficient (Wildman–Crippen LogP) is 3.86. The van der Waals surface area contributed by atoms with Gasteiger partial charge in [0.2, 0.25) is 0 Å². The number of amides is 1. The van der Waals surface area contributed by atoms with Crippen LogP contribution in [0, 0.1) is 13.8 Å². The van der Waals surface area contributed by atoms with Gasteiger partial charge in [0.25, 0.3) is 5.91 Å². The molecule has 4 aromatic heterocycles. The summed E-state index contributed by atoms with van der Waals surface area (Å²) < 4.78 is 11.9. The zero-order valence-electron chi connectivity index (χ0n) is 19.2. The molecule has 0 spiro atoms. The Labute approximate surface area is 200 Å². The number of carbonyl (C=O) groups excluding carboxylic acids is 1. The molecule has 1 fully saturated rings. The van der Waals surface area contributed by atoms with Gasteiger partial charge in [-0.3, -0.25) is 20.1 Å². The van der Waals surface area contributed by atoms with Crippen LogP contribution in [0.3, 0.4) is 0 Å². The molecule has 1 amide bonds. The number of nitrogens with one attached hydrogen (secondary N) is 1. The number of carbonyl (C=O) groups is 1. The molecule has 34 heavy (non-hydrogen) atoms. The lowest BCUT2D eigenvalue weighted by Gasteiger charge is -2.27. The highest BCUT2D eigenvalue weighted by molar-refractivity contribution is 7.22. The predicted molar refractivity (Wildman–Crippen MR) is 132 cm³/mol. The van der Waals surface area contributed by atoms with E-state index in [2.05, 4.69) is 30.2 Å². The van der Waals surface area contributed by atoms with Crippen LogP contribution in [0.15, 0.2) is 36.8 Å². The maximum absolute atomic E-state index is 13.3. The molecule has 0 aromatic carbocycles. The molecule has 1 N–H and O–H groups in total. The highest BCUT2D eigenvalue weighted by Gasteiger charge is 2.20. The molecule has 174 valence electrons. The van der Waals surface area contributed by atoms with Crippen LogP contribution in [0.5, 0.6) is 5.75 Å². The fourth-order valence-corrected chi connectivity index (χ4v) is 4.75. The number of hydrogen-bond acceptors (Lipinski definition) is 9. The number of ether oxygens (including phenoxy) is 2. The summed E-state index contributed by atoms with van der Waals surface area (Å²) in [5.74, 6) is 1.19. The Morgan fingerprint density at radius 3 is 2.53 bits per heavy atom. The molecule has 0 radical (unpaired) electrons. The second-order valence-electron chi connectivity index (χ2n) is 7.98. The summed E-state index contributed by atoms with van der Waals surface area (Å²) >= 11 is 1.42. The third-order valence-corrected chi connectivity index (χ3v) is 6.55. The number of rotatable bonds is 5. The normalized spacial score (nSPS) is 13.8. The number of methoxy groups -OCH3 is 1. The lowest BCUT2D eigenvalue weighted by molar-refractivity contribution is 0.102. The van der Waals surface area contributed by atoms with Crippen molar-refractivity contribution in [2.45, 2.75) is 13.8 Å². The molecular weight excluding hydrogens is 452 g/mol. The van der Waals surface area contributed by atoms with E-state index in [0.717, 1.165) is 51.6 Å². The van der Waals surface area contributed by atoms with Crippen LogP contribution in [-0.2, 0) is 4.74 Å². The van der Waals surface area contributed by atoms with Gasteiger partial charge in [-0.15, -0.1) is 0 Å². The molecule has 1 saturated heterocycles. The Hall–Kier alpha value is -3.63. The van der Waals surface area contributed by atoms with Gasteiger partial charge in [0.05, 0.1) is 43.0 Å². The zero-order valence-corrected chi connectivity index (χ0v) is 20.0. The number of anilines is 2. The van der Waals surface area contributed by atoms with Crippen molar-refractivity contribution >= 4 is 38.4 Å². The third-order valence-electron chi connectivity index (χ3n) is 5.62. The van der Waals surface area contributed by atoms with Crippen molar-refractivity contribution in [1.29, 1.82) is 0 Å². The smallest absolute Gasteiger partial charge is 0.259 e. The molecule has 0 atom stereocenters. The summed E-state index contributed by atoms with van der Waals surface area (Å²) in [5.41, 5.74) is 4.31. The SMILES string of the molecule is COc1cnc(C)cc1-c1cc(C)ncc1C(=O)Nc1nc2cnc(N3CCOCC3)cc2s1. The average Bonchev–Trinajstić information content (AvgIpc) is 3.25. The summed E-state index contributed by atoms with van der Waals surface area (Å²) in [6.07, 6.45) is 4.99. The summed E-state index contributed by atoms with van der Waals surface area (Å²) in [4.78, 5) is 33.3. The number of hydrogen-bond donors (Lipinski definition) is 1. The Morgan fingerprint density at radius 2 is 1.76 bits per heavy atom. The zero-order chi connectivity index (χ0) is 23.7. The van der Waals surface area contributed by atoms with Crippen molar-refractivity contribution in [1.82, 2.24) is 19.9 Å². The van der Waals surface area contributed by atoms with Gasteiger partial charge in [-0.25, -0.2) is 9.97 Å². The minimum absolute atomic E-state index is 0.292. The standard InChI is InChI=1S/C24H24N6O3S/c1-14-8-16(17-9-15(2)26-13-20(17)32-3)18(11-25-14)23(31)29-24-28-19-12-27-22(10-21(19)34-24)30-4-6-33-7-5-30/h8-13H,4-7H2,1-3H3,(H,28,29,31). The molecule has 1 aliphatic heterocycles. The Morgan fingerprint density at radius 1 is 1.03 bits per heavy atom. The van der Waals surface area contributed by atoms with E-state index in [4.69, 9.17) is 9.47 Å². The molecular formula is C24H24N6O3S. The molecule has 5 heterocycles. The first-order valence-corrected chi connectivity index (χ1v) is 11.7. The highest BCUT2D eigenvalue weighted by Crippen LogP contribution is 2.34. The van der Waals surface area contributed by atoms with Gasteiger partial charge in [0, 0.05) is 47.9 Å². The molecule has 9 nitrogen and oxygen atoms in total. The van der Waals surface area contributed by atoms with Gasteiger partial charge in [-0.2, -0.15) is 0 Å². The van der Waals surface area contributed by atoms with E-state index in [-0.39, 0.29) is 5.91 Å². The van der Waals surface area contributed by atoms with Crippen LogP contribution >= 0.6 is 11.3 Å². The van der Waals surface area contributed by atoms with E-state index in [1.54, 1.807) is 25.7 Å². The number of nitrogens with zero attached hydrogens (tertiary/aromatic N) is 5. The number of aromatic nitrogens is 4. The summed E-state index contributed by atoms with van der Waals surface area (Å²) in [6, 6.07) is 5.79. The lowest BCUT2D eigenvalue weighted by Crippen LogP contribution is -2.36. The second kappa shape index (κ2) is 9.32. The van der Waals surface area contributed by atoms with Gasteiger partial charge >= 0.3 is 0 Å². The maximum Gasteiger partial charge on any atom is 0.259 e. The quantitative estimate of drug-likeness (QED) is 0.463. The highest BCUT2D eigenvalue weighted by atomic mass is 32.1. The van der Waals surface area contributed by atoms with E-state index < -0.39 is 0 Å². The first-order valence-electron chi connectivity index (χ1n) is 10.9. The number of aryl methyl sites for hydroxylation is 2. The van der Waals surface area contributed by atoms with Crippen LogP contribution in [0.2, 0.25) is 0 Å². The van der Waals surface area contributed by atoms with Crippen LogP contribution in [0.1, 0.15) is 21.7 Å². The minimum atomic E-state index is -0.292. The van der Waals surface area contributed by atoms with Crippen LogP contribution < -0.4 is 15.0 Å². The van der Waals surface area contributed by atoms with Gasteiger partial charge < -0.3 is 14.4 Å². The Bertz CT molecular complexity index is 1370. The average molecular weight is 477 g/mol. The lowest BCUT2D eigenvalue weighted by atomic mass is 9.99. The monoisotopic (exact) mass is 476 g/mol. The second-order valence-corrected chi connectivity index (χ2v) is 9.01. The van der Waals surface area contributed by atoms with Gasteiger partial charge in [-0.05, 0) is 26.0 Å². The van der Waals surface area contributed by atoms with E-state index >= 15 is 0 Å². The number of thiazole rings is 1. The molecule has 0 aliphatic carbocycles. The number of fused-ring (bicyclic) bond motifs is 1. The Kier molecular flexibility index (Phi) is 6.08. The van der Waals surface area contributed by atoms with E-state index in [1.165, 1.54) is 11.3 Å². The van der Waals surface area contributed by atoms with Crippen LogP contribution in [0.4, 0.5) is 10.9 Å². The largest absolute Gasteiger partial charge is 0.494 e. The topological polar surface area (TPSA) is 102 Å². The molecule has 5 rings (SSSR count). The Balaban J connectivity index is 1.45. The summed E-state index contributed by atoms with van der Waals surface area (Å²) in [5, 5.41) is 3.44.